The molecular formula is C14H31NO. The molecule has 1 heterocycles. The molecule has 0 N–H and O–H groups in total. The van der Waals surface area contributed by atoms with Gasteiger partial charge in [0, 0.05) is 12.0 Å². The fraction of sp³-hybridized carbons (Fsp3) is 0.929. The zero-order valence-electron chi connectivity index (χ0n) is 12.3. The Balaban J connectivity index is 0. The van der Waals surface area contributed by atoms with E-state index in [9.17, 15) is 4.79 Å². The van der Waals surface area contributed by atoms with Crippen LogP contribution in [-0.2, 0) is 4.79 Å². The number of ketones is 1. The molecule has 0 spiro atoms. The number of rotatable bonds is 2. The first-order valence-corrected chi connectivity index (χ1v) is 6.69. The molecule has 0 aromatic rings. The van der Waals surface area contributed by atoms with Crippen LogP contribution in [0.1, 0.15) is 61.3 Å². The summed E-state index contributed by atoms with van der Waals surface area (Å²) in [5, 5.41) is 0. The Labute approximate surface area is 102 Å². The van der Waals surface area contributed by atoms with Gasteiger partial charge in [-0.25, -0.2) is 0 Å². The van der Waals surface area contributed by atoms with Gasteiger partial charge in [-0.15, -0.1) is 0 Å². The minimum Gasteiger partial charge on any atom is -0.301 e. The zero-order valence-corrected chi connectivity index (χ0v) is 12.3. The van der Waals surface area contributed by atoms with Gasteiger partial charge < -0.3 is 4.90 Å². The highest BCUT2D eigenvalue weighted by molar-refractivity contribution is 5.77. The third kappa shape index (κ3) is 10.2. The van der Waals surface area contributed by atoms with Crippen LogP contribution in [0.5, 0.6) is 0 Å². The van der Waals surface area contributed by atoms with Gasteiger partial charge in [0.25, 0.3) is 0 Å². The van der Waals surface area contributed by atoms with Crippen LogP contribution in [0.4, 0.5) is 0 Å². The van der Waals surface area contributed by atoms with E-state index in [1.165, 1.54) is 25.9 Å². The summed E-state index contributed by atoms with van der Waals surface area (Å²) in [4.78, 5) is 12.7. The molecule has 1 rings (SSSR count). The lowest BCUT2D eigenvalue weighted by Crippen LogP contribution is -2.26. The van der Waals surface area contributed by atoms with Gasteiger partial charge in [0.15, 0.2) is 0 Å². The molecule has 1 aliphatic heterocycles. The molecule has 98 valence electrons. The lowest BCUT2D eigenvalue weighted by atomic mass is 10.1. The highest BCUT2D eigenvalue weighted by Gasteiger charge is 2.13. The maximum atomic E-state index is 10.1. The Morgan fingerprint density at radius 1 is 1.00 bits per heavy atom. The average Bonchev–Trinajstić information content (AvgIpc) is 2.74. The Hall–Kier alpha value is -0.370. The average molecular weight is 229 g/mol. The zero-order chi connectivity index (χ0) is 13.1. The third-order valence-electron chi connectivity index (χ3n) is 2.68. The molecule has 0 radical (unpaired) electrons. The lowest BCUT2D eigenvalue weighted by Gasteiger charge is -2.18. The van der Waals surface area contributed by atoms with Crippen molar-refractivity contribution in [1.82, 2.24) is 4.90 Å². The molecule has 0 saturated carbocycles. The van der Waals surface area contributed by atoms with Crippen molar-refractivity contribution in [2.45, 2.75) is 67.3 Å². The van der Waals surface area contributed by atoms with Crippen molar-refractivity contribution in [3.05, 3.63) is 0 Å². The van der Waals surface area contributed by atoms with Gasteiger partial charge in [-0.05, 0) is 46.7 Å². The molecule has 0 atom stereocenters. The first-order chi connectivity index (χ1) is 7.45. The maximum absolute atomic E-state index is 10.1. The minimum atomic E-state index is 0.213. The van der Waals surface area contributed by atoms with E-state index in [0.29, 0.717) is 0 Å². The normalized spacial score (nSPS) is 15.3. The number of carbonyl (C=O) groups excluding carboxylic acids is 1. The highest BCUT2D eigenvalue weighted by atomic mass is 16.1. The second-order valence-electron chi connectivity index (χ2n) is 4.60. The summed E-state index contributed by atoms with van der Waals surface area (Å²) in [5.41, 5.74) is 0. The van der Waals surface area contributed by atoms with Crippen molar-refractivity contribution in [1.29, 1.82) is 0 Å². The van der Waals surface area contributed by atoms with Crippen molar-refractivity contribution in [3.63, 3.8) is 0 Å². The highest BCUT2D eigenvalue weighted by Crippen LogP contribution is 2.09. The molecule has 0 aromatic carbocycles. The second kappa shape index (κ2) is 11.1. The van der Waals surface area contributed by atoms with Crippen molar-refractivity contribution in [3.8, 4) is 0 Å². The van der Waals surface area contributed by atoms with Gasteiger partial charge in [-0.2, -0.15) is 0 Å². The van der Waals surface area contributed by atoms with E-state index in [1.54, 1.807) is 6.92 Å². The summed E-state index contributed by atoms with van der Waals surface area (Å²) < 4.78 is 0. The number of likely N-dealkylation sites (tertiary alicyclic amines) is 1. The van der Waals surface area contributed by atoms with Gasteiger partial charge >= 0.3 is 0 Å². The predicted molar refractivity (Wildman–Crippen MR) is 72.8 cm³/mol. The van der Waals surface area contributed by atoms with Crippen LogP contribution >= 0.6 is 0 Å². The number of nitrogens with zero attached hydrogens (tertiary/aromatic N) is 1. The van der Waals surface area contributed by atoms with E-state index in [1.807, 2.05) is 27.7 Å². The number of Topliss-reactive ketones (excluding diaryl/α,β-unsaturated/α-hetero) is 1. The van der Waals surface area contributed by atoms with Crippen LogP contribution in [0.2, 0.25) is 0 Å². The van der Waals surface area contributed by atoms with Gasteiger partial charge in [0.2, 0.25) is 0 Å². The summed E-state index contributed by atoms with van der Waals surface area (Å²) in [7, 11) is 0. The Morgan fingerprint density at radius 2 is 1.31 bits per heavy atom. The van der Waals surface area contributed by atoms with E-state index < -0.39 is 0 Å². The SMILES string of the molecule is CC.CC(=O)C(C)C.CC(C)N1CCCC1. The third-order valence-corrected chi connectivity index (χ3v) is 2.68. The Bertz CT molecular complexity index is 158. The van der Waals surface area contributed by atoms with Crippen LogP contribution in [0.15, 0.2) is 0 Å². The summed E-state index contributed by atoms with van der Waals surface area (Å²) in [6.45, 7) is 16.6. The van der Waals surface area contributed by atoms with Crippen molar-refractivity contribution in [2.75, 3.05) is 13.1 Å². The molecule has 1 fully saturated rings. The quantitative estimate of drug-likeness (QED) is 0.719. The van der Waals surface area contributed by atoms with Gasteiger partial charge in [-0.3, -0.25) is 4.79 Å². The molecule has 16 heavy (non-hydrogen) atoms. The Morgan fingerprint density at radius 3 is 1.44 bits per heavy atom. The molecular weight excluding hydrogens is 198 g/mol. The summed E-state index contributed by atoms with van der Waals surface area (Å²) in [6.07, 6.45) is 2.83. The molecule has 1 saturated heterocycles. The monoisotopic (exact) mass is 229 g/mol. The fourth-order valence-corrected chi connectivity index (χ4v) is 1.26. The number of hydrogen-bond donors (Lipinski definition) is 0. The van der Waals surface area contributed by atoms with E-state index in [2.05, 4.69) is 18.7 Å². The first-order valence-electron chi connectivity index (χ1n) is 6.69. The minimum absolute atomic E-state index is 0.213. The van der Waals surface area contributed by atoms with Crippen LogP contribution in [0.25, 0.3) is 0 Å². The molecule has 2 nitrogen and oxygen atoms in total. The molecule has 0 amide bonds. The van der Waals surface area contributed by atoms with Crippen LogP contribution in [0.3, 0.4) is 0 Å². The van der Waals surface area contributed by atoms with Gasteiger partial charge in [0.1, 0.15) is 5.78 Å². The summed E-state index contributed by atoms with van der Waals surface area (Å²) in [6, 6.07) is 0.775. The van der Waals surface area contributed by atoms with Gasteiger partial charge in [-0.1, -0.05) is 27.7 Å². The van der Waals surface area contributed by atoms with E-state index >= 15 is 0 Å². The van der Waals surface area contributed by atoms with E-state index in [4.69, 9.17) is 0 Å². The summed E-state index contributed by atoms with van der Waals surface area (Å²) >= 11 is 0. The molecule has 2 heteroatoms. The van der Waals surface area contributed by atoms with E-state index in [-0.39, 0.29) is 11.7 Å². The molecule has 0 bridgehead atoms. The van der Waals surface area contributed by atoms with Crippen LogP contribution in [-0.4, -0.2) is 29.8 Å². The predicted octanol–water partition coefficient (Wildman–Crippen LogP) is 3.75. The van der Waals surface area contributed by atoms with Crippen LogP contribution in [0, 0.1) is 5.92 Å². The van der Waals surface area contributed by atoms with Crippen LogP contribution < -0.4 is 0 Å². The summed E-state index contributed by atoms with van der Waals surface area (Å²) in [5.74, 6) is 0.472. The number of hydrogen-bond acceptors (Lipinski definition) is 2. The fourth-order valence-electron chi connectivity index (χ4n) is 1.26. The van der Waals surface area contributed by atoms with Crippen molar-refractivity contribution in [2.24, 2.45) is 5.92 Å². The van der Waals surface area contributed by atoms with Crippen molar-refractivity contribution < 1.29 is 4.79 Å². The lowest BCUT2D eigenvalue weighted by molar-refractivity contribution is -0.119. The standard InChI is InChI=1S/C7H15N.C5H10O.C2H6/c1-7(2)8-5-3-4-6-8;1-4(2)5(3)6;1-2/h7H,3-6H2,1-2H3;4H,1-3H3;1-2H3. The molecule has 0 aliphatic carbocycles. The van der Waals surface area contributed by atoms with E-state index in [0.717, 1.165) is 6.04 Å². The molecule has 0 aromatic heterocycles. The first kappa shape index (κ1) is 18.0. The second-order valence-corrected chi connectivity index (χ2v) is 4.60. The number of carbonyl (C=O) groups is 1. The maximum Gasteiger partial charge on any atom is 0.132 e. The van der Waals surface area contributed by atoms with Gasteiger partial charge in [0.05, 0.1) is 0 Å². The molecule has 1 aliphatic rings. The van der Waals surface area contributed by atoms with Crippen molar-refractivity contribution >= 4 is 5.78 Å². The largest absolute Gasteiger partial charge is 0.301 e. The topological polar surface area (TPSA) is 20.3 Å². The smallest absolute Gasteiger partial charge is 0.132 e. The molecule has 0 unspecified atom stereocenters. The Kier molecular flexibility index (Phi) is 12.5.